The molecule has 186 valence electrons. The fraction of sp³-hybridized carbons (Fsp3) is 0.692. The molecule has 0 aromatic heterocycles. The van der Waals surface area contributed by atoms with Crippen LogP contribution in [0, 0.1) is 29.4 Å². The van der Waals surface area contributed by atoms with Crippen LogP contribution in [0.2, 0.25) is 0 Å². The molecule has 1 aromatic rings. The Kier molecular flexibility index (Phi) is 9.57. The Morgan fingerprint density at radius 3 is 2.06 bits per heavy atom. The summed E-state index contributed by atoms with van der Waals surface area (Å²) in [7, 11) is 0. The largest absolute Gasteiger partial charge is 0.573 e. The summed E-state index contributed by atoms with van der Waals surface area (Å²) in [4.78, 5) is 0. The van der Waals surface area contributed by atoms with Gasteiger partial charge >= 0.3 is 6.36 Å². The third-order valence-electron chi connectivity index (χ3n) is 7.47. The van der Waals surface area contributed by atoms with Crippen LogP contribution in [0.4, 0.5) is 26.3 Å². The van der Waals surface area contributed by atoms with Crippen LogP contribution in [0.25, 0.3) is 0 Å². The average molecular weight is 477 g/mol. The zero-order valence-corrected chi connectivity index (χ0v) is 19.0. The molecule has 7 heteroatoms. The number of rotatable bonds is 9. The van der Waals surface area contributed by atoms with Gasteiger partial charge in [0.05, 0.1) is 6.67 Å². The zero-order valence-electron chi connectivity index (χ0n) is 19.0. The van der Waals surface area contributed by atoms with Gasteiger partial charge in [-0.15, -0.1) is 13.2 Å². The maximum absolute atomic E-state index is 13.9. The molecule has 33 heavy (non-hydrogen) atoms. The third kappa shape index (κ3) is 7.96. The summed E-state index contributed by atoms with van der Waals surface area (Å²) < 4.78 is 81.0. The van der Waals surface area contributed by atoms with Crippen molar-refractivity contribution in [2.45, 2.75) is 89.3 Å². The lowest BCUT2D eigenvalue weighted by Crippen LogP contribution is -2.25. The normalized spacial score (nSPS) is 26.6. The van der Waals surface area contributed by atoms with Crippen molar-refractivity contribution in [1.82, 2.24) is 0 Å². The van der Waals surface area contributed by atoms with Crippen molar-refractivity contribution >= 4 is 0 Å². The van der Waals surface area contributed by atoms with Crippen LogP contribution in [-0.2, 0) is 0 Å². The SMILES string of the molecule is FCCC=CCCC[C@H]1CC[C@H]([C@H]2CC[C@H](c3cc(F)c(F)c(OC(F)(F)F)c3)CC2)CC1. The van der Waals surface area contributed by atoms with Gasteiger partial charge in [-0.1, -0.05) is 31.4 Å². The van der Waals surface area contributed by atoms with Gasteiger partial charge in [0.25, 0.3) is 0 Å². The van der Waals surface area contributed by atoms with Crippen LogP contribution in [0.15, 0.2) is 24.3 Å². The highest BCUT2D eigenvalue weighted by Crippen LogP contribution is 2.45. The molecule has 1 nitrogen and oxygen atoms in total. The lowest BCUT2D eigenvalue weighted by atomic mass is 9.68. The summed E-state index contributed by atoms with van der Waals surface area (Å²) in [6.07, 6.45) is 11.2. The quantitative estimate of drug-likeness (QED) is 0.196. The van der Waals surface area contributed by atoms with Gasteiger partial charge in [0.1, 0.15) is 0 Å². The van der Waals surface area contributed by atoms with Crippen molar-refractivity contribution in [2.24, 2.45) is 17.8 Å². The van der Waals surface area contributed by atoms with Gasteiger partial charge in [0.15, 0.2) is 11.6 Å². The third-order valence-corrected chi connectivity index (χ3v) is 7.47. The first-order valence-electron chi connectivity index (χ1n) is 12.2. The number of benzene rings is 1. The predicted octanol–water partition coefficient (Wildman–Crippen LogP) is 9.03. The Balaban J connectivity index is 1.44. The number of hydrogen-bond acceptors (Lipinski definition) is 1. The van der Waals surface area contributed by atoms with E-state index in [1.807, 2.05) is 6.08 Å². The molecule has 2 aliphatic rings. The molecule has 0 bridgehead atoms. The topological polar surface area (TPSA) is 9.23 Å². The molecule has 0 radical (unpaired) electrons. The predicted molar refractivity (Wildman–Crippen MR) is 117 cm³/mol. The number of halogens is 6. The molecule has 0 atom stereocenters. The molecule has 2 aliphatic carbocycles. The maximum atomic E-state index is 13.9. The summed E-state index contributed by atoms with van der Waals surface area (Å²) in [5, 5.41) is 0. The van der Waals surface area contributed by atoms with Gasteiger partial charge in [0, 0.05) is 0 Å². The lowest BCUT2D eigenvalue weighted by Gasteiger charge is -2.38. The summed E-state index contributed by atoms with van der Waals surface area (Å²) in [5.74, 6) is -2.02. The van der Waals surface area contributed by atoms with Crippen molar-refractivity contribution in [3.8, 4) is 5.75 Å². The van der Waals surface area contributed by atoms with Crippen LogP contribution in [0.1, 0.15) is 88.5 Å². The van der Waals surface area contributed by atoms with Crippen LogP contribution >= 0.6 is 0 Å². The van der Waals surface area contributed by atoms with Crippen LogP contribution in [0.5, 0.6) is 5.75 Å². The molecule has 0 unspecified atom stereocenters. The fourth-order valence-corrected chi connectivity index (χ4v) is 5.71. The van der Waals surface area contributed by atoms with Gasteiger partial charge in [-0.3, -0.25) is 4.39 Å². The molecule has 0 spiro atoms. The Labute approximate surface area is 192 Å². The van der Waals surface area contributed by atoms with Gasteiger partial charge in [0.2, 0.25) is 5.82 Å². The molecule has 1 aromatic carbocycles. The highest BCUT2D eigenvalue weighted by Gasteiger charge is 2.35. The minimum Gasteiger partial charge on any atom is -0.403 e. The zero-order chi connectivity index (χ0) is 23.8. The molecule has 0 amide bonds. The standard InChI is InChI=1S/C26H34F6O/c27-15-5-3-1-2-4-6-18-7-9-19(10-8-18)20-11-13-21(14-12-20)22-16-23(28)25(29)24(17-22)33-26(30,31)32/h1,3,16-21H,2,4-15H2/t18-,19-,20-,21-. The van der Waals surface area contributed by atoms with Gasteiger partial charge in [-0.2, -0.15) is 4.39 Å². The summed E-state index contributed by atoms with van der Waals surface area (Å²) in [5.41, 5.74) is 0.385. The summed E-state index contributed by atoms with van der Waals surface area (Å²) >= 11 is 0. The van der Waals surface area contributed by atoms with E-state index in [-0.39, 0.29) is 12.6 Å². The van der Waals surface area contributed by atoms with Crippen LogP contribution < -0.4 is 4.74 Å². The van der Waals surface area contributed by atoms with E-state index in [0.29, 0.717) is 23.8 Å². The first-order valence-corrected chi connectivity index (χ1v) is 12.2. The van der Waals surface area contributed by atoms with Gasteiger partial charge < -0.3 is 4.74 Å². The average Bonchev–Trinajstić information content (AvgIpc) is 2.79. The van der Waals surface area contributed by atoms with E-state index in [0.717, 1.165) is 56.6 Å². The minimum atomic E-state index is -5.06. The molecule has 2 fully saturated rings. The second-order valence-electron chi connectivity index (χ2n) is 9.64. The van der Waals surface area contributed by atoms with E-state index in [9.17, 15) is 26.3 Å². The second kappa shape index (κ2) is 12.2. The van der Waals surface area contributed by atoms with Gasteiger partial charge in [-0.25, -0.2) is 4.39 Å². The van der Waals surface area contributed by atoms with Crippen molar-refractivity contribution < 1.29 is 31.1 Å². The Hall–Kier alpha value is -1.66. The molecule has 0 saturated heterocycles. The monoisotopic (exact) mass is 476 g/mol. The Morgan fingerprint density at radius 2 is 1.45 bits per heavy atom. The number of allylic oxidation sites excluding steroid dienone is 2. The number of hydrogen-bond donors (Lipinski definition) is 0. The van der Waals surface area contributed by atoms with Crippen molar-refractivity contribution in [3.05, 3.63) is 41.5 Å². The molecular formula is C26H34F6O. The number of unbranched alkanes of at least 4 members (excludes halogenated alkanes) is 1. The fourth-order valence-electron chi connectivity index (χ4n) is 5.71. The first-order chi connectivity index (χ1) is 15.8. The Bertz CT molecular complexity index is 759. The van der Waals surface area contributed by atoms with Gasteiger partial charge in [-0.05, 0) is 99.2 Å². The van der Waals surface area contributed by atoms with E-state index in [1.165, 1.54) is 32.1 Å². The first kappa shape index (κ1) is 26.0. The lowest BCUT2D eigenvalue weighted by molar-refractivity contribution is -0.275. The molecule has 0 aliphatic heterocycles. The minimum absolute atomic E-state index is 0.0753. The number of ether oxygens (including phenoxy) is 1. The van der Waals surface area contributed by atoms with E-state index in [4.69, 9.17) is 0 Å². The van der Waals surface area contributed by atoms with Crippen molar-refractivity contribution in [3.63, 3.8) is 0 Å². The van der Waals surface area contributed by atoms with Crippen LogP contribution in [0.3, 0.4) is 0 Å². The van der Waals surface area contributed by atoms with E-state index in [1.54, 1.807) is 0 Å². The maximum Gasteiger partial charge on any atom is 0.573 e. The Morgan fingerprint density at radius 1 is 0.848 bits per heavy atom. The molecular weight excluding hydrogens is 442 g/mol. The van der Waals surface area contributed by atoms with Crippen molar-refractivity contribution in [2.75, 3.05) is 6.67 Å². The molecule has 3 rings (SSSR count). The smallest absolute Gasteiger partial charge is 0.403 e. The molecule has 0 N–H and O–H groups in total. The van der Waals surface area contributed by atoms with E-state index < -0.39 is 23.7 Å². The van der Waals surface area contributed by atoms with E-state index in [2.05, 4.69) is 10.8 Å². The second-order valence-corrected chi connectivity index (χ2v) is 9.64. The summed E-state index contributed by atoms with van der Waals surface area (Å²) in [6.45, 7) is -0.295. The van der Waals surface area contributed by atoms with E-state index >= 15 is 0 Å². The highest BCUT2D eigenvalue weighted by molar-refractivity contribution is 5.34. The highest BCUT2D eigenvalue weighted by atomic mass is 19.4. The van der Waals surface area contributed by atoms with Crippen molar-refractivity contribution in [1.29, 1.82) is 0 Å². The number of alkyl halides is 4. The van der Waals surface area contributed by atoms with Crippen LogP contribution in [-0.4, -0.2) is 13.0 Å². The summed E-state index contributed by atoms with van der Waals surface area (Å²) in [6, 6.07) is 2.02. The molecule has 0 heterocycles. The molecule has 2 saturated carbocycles.